The van der Waals surface area contributed by atoms with Gasteiger partial charge in [0.05, 0.1) is 13.7 Å². The molecule has 0 bridgehead atoms. The Labute approximate surface area is 119 Å². The van der Waals surface area contributed by atoms with Gasteiger partial charge in [-0.1, -0.05) is 18.2 Å². The lowest BCUT2D eigenvalue weighted by molar-refractivity contribution is 0.101. The summed E-state index contributed by atoms with van der Waals surface area (Å²) in [4.78, 5) is 11.4. The molecule has 0 N–H and O–H groups in total. The zero-order chi connectivity index (χ0) is 14.5. The maximum atomic E-state index is 11.4. The van der Waals surface area contributed by atoms with Crippen molar-refractivity contribution in [1.82, 2.24) is 0 Å². The molecule has 2 aromatic rings. The Hall–Kier alpha value is -2.29. The molecule has 0 atom stereocenters. The summed E-state index contributed by atoms with van der Waals surface area (Å²) in [6, 6.07) is 13.3. The maximum Gasteiger partial charge on any atom is 0.159 e. The molecule has 0 aliphatic carbocycles. The molecule has 3 nitrogen and oxygen atoms in total. The van der Waals surface area contributed by atoms with E-state index in [0.29, 0.717) is 17.9 Å². The number of carbonyl (C=O) groups excluding carboxylic acids is 1. The first kappa shape index (κ1) is 14.1. The van der Waals surface area contributed by atoms with Crippen LogP contribution in [-0.4, -0.2) is 19.5 Å². The molecule has 20 heavy (non-hydrogen) atoms. The number of ether oxygens (including phenoxy) is 2. The molecule has 0 saturated carbocycles. The lowest BCUT2D eigenvalue weighted by atomic mass is 10.0. The number of ketones is 1. The van der Waals surface area contributed by atoms with E-state index < -0.39 is 0 Å². The van der Waals surface area contributed by atoms with Crippen molar-refractivity contribution in [3.63, 3.8) is 0 Å². The third-order valence-electron chi connectivity index (χ3n) is 3.08. The Morgan fingerprint density at radius 1 is 1.10 bits per heavy atom. The highest BCUT2D eigenvalue weighted by Gasteiger charge is 2.09. The van der Waals surface area contributed by atoms with E-state index >= 15 is 0 Å². The van der Waals surface area contributed by atoms with Crippen LogP contribution >= 0.6 is 0 Å². The standard InChI is InChI=1S/C17H18O3/c1-4-20-15-8-5-13(6-9-15)16-10-7-14(12(2)18)11-17(16)19-3/h5-11H,4H2,1-3H3. The molecule has 0 spiro atoms. The summed E-state index contributed by atoms with van der Waals surface area (Å²) < 4.78 is 10.8. The molecule has 2 aromatic carbocycles. The van der Waals surface area contributed by atoms with Crippen LogP contribution in [-0.2, 0) is 0 Å². The third kappa shape index (κ3) is 2.99. The highest BCUT2D eigenvalue weighted by molar-refractivity contribution is 5.95. The molecule has 2 rings (SSSR count). The second kappa shape index (κ2) is 6.24. The van der Waals surface area contributed by atoms with Crippen molar-refractivity contribution in [2.45, 2.75) is 13.8 Å². The van der Waals surface area contributed by atoms with E-state index in [1.165, 1.54) is 0 Å². The summed E-state index contributed by atoms with van der Waals surface area (Å²) in [5.74, 6) is 1.57. The molecular weight excluding hydrogens is 252 g/mol. The van der Waals surface area contributed by atoms with E-state index in [0.717, 1.165) is 16.9 Å². The first-order valence-corrected chi connectivity index (χ1v) is 6.58. The lowest BCUT2D eigenvalue weighted by Gasteiger charge is -2.11. The number of methoxy groups -OCH3 is 1. The van der Waals surface area contributed by atoms with Crippen molar-refractivity contribution in [1.29, 1.82) is 0 Å². The normalized spacial score (nSPS) is 10.2. The monoisotopic (exact) mass is 270 g/mol. The van der Waals surface area contributed by atoms with Crippen molar-refractivity contribution in [3.8, 4) is 22.6 Å². The van der Waals surface area contributed by atoms with E-state index in [-0.39, 0.29) is 5.78 Å². The summed E-state index contributed by atoms with van der Waals surface area (Å²) in [5, 5.41) is 0. The van der Waals surface area contributed by atoms with Crippen molar-refractivity contribution < 1.29 is 14.3 Å². The maximum absolute atomic E-state index is 11.4. The van der Waals surface area contributed by atoms with E-state index in [2.05, 4.69) is 0 Å². The van der Waals surface area contributed by atoms with Gasteiger partial charge in [0, 0.05) is 11.1 Å². The first-order valence-electron chi connectivity index (χ1n) is 6.58. The quantitative estimate of drug-likeness (QED) is 0.771. The van der Waals surface area contributed by atoms with Crippen LogP contribution in [0.2, 0.25) is 0 Å². The Morgan fingerprint density at radius 2 is 1.80 bits per heavy atom. The van der Waals surface area contributed by atoms with Gasteiger partial charge in [-0.25, -0.2) is 0 Å². The van der Waals surface area contributed by atoms with Gasteiger partial charge in [0.2, 0.25) is 0 Å². The van der Waals surface area contributed by atoms with Gasteiger partial charge in [-0.2, -0.15) is 0 Å². The summed E-state index contributed by atoms with van der Waals surface area (Å²) in [5.41, 5.74) is 2.64. The fourth-order valence-corrected chi connectivity index (χ4v) is 2.05. The molecule has 0 unspecified atom stereocenters. The van der Waals surface area contributed by atoms with Gasteiger partial charge in [0.25, 0.3) is 0 Å². The van der Waals surface area contributed by atoms with Gasteiger partial charge in [-0.15, -0.1) is 0 Å². The number of hydrogen-bond acceptors (Lipinski definition) is 3. The van der Waals surface area contributed by atoms with Gasteiger partial charge in [-0.3, -0.25) is 4.79 Å². The second-order valence-electron chi connectivity index (χ2n) is 4.43. The van der Waals surface area contributed by atoms with Crippen LogP contribution in [0.4, 0.5) is 0 Å². The number of carbonyl (C=O) groups is 1. The van der Waals surface area contributed by atoms with Gasteiger partial charge in [-0.05, 0) is 43.7 Å². The van der Waals surface area contributed by atoms with Crippen molar-refractivity contribution in [2.24, 2.45) is 0 Å². The predicted molar refractivity (Wildman–Crippen MR) is 79.6 cm³/mol. The van der Waals surface area contributed by atoms with Crippen LogP contribution in [0.3, 0.4) is 0 Å². The van der Waals surface area contributed by atoms with Crippen molar-refractivity contribution in [3.05, 3.63) is 48.0 Å². The topological polar surface area (TPSA) is 35.5 Å². The van der Waals surface area contributed by atoms with Gasteiger partial charge < -0.3 is 9.47 Å². The zero-order valence-corrected chi connectivity index (χ0v) is 12.0. The molecule has 0 aliphatic heterocycles. The number of Topliss-reactive ketones (excluding diaryl/α,β-unsaturated/α-hetero) is 1. The Bertz CT molecular complexity index is 600. The molecule has 0 radical (unpaired) electrons. The molecule has 0 aliphatic rings. The summed E-state index contributed by atoms with van der Waals surface area (Å²) in [7, 11) is 1.61. The third-order valence-corrected chi connectivity index (χ3v) is 3.08. The lowest BCUT2D eigenvalue weighted by Crippen LogP contribution is -1.95. The summed E-state index contributed by atoms with van der Waals surface area (Å²) >= 11 is 0. The predicted octanol–water partition coefficient (Wildman–Crippen LogP) is 3.96. The van der Waals surface area contributed by atoms with Crippen LogP contribution < -0.4 is 9.47 Å². The van der Waals surface area contributed by atoms with Crippen LogP contribution in [0.25, 0.3) is 11.1 Å². The summed E-state index contributed by atoms with van der Waals surface area (Å²) in [6.07, 6.45) is 0. The molecule has 0 amide bonds. The van der Waals surface area contributed by atoms with Crippen LogP contribution in [0.15, 0.2) is 42.5 Å². The SMILES string of the molecule is CCOc1ccc(-c2ccc(C(C)=O)cc2OC)cc1. The largest absolute Gasteiger partial charge is 0.496 e. The fraction of sp³-hybridized carbons (Fsp3) is 0.235. The zero-order valence-electron chi connectivity index (χ0n) is 12.0. The van der Waals surface area contributed by atoms with Gasteiger partial charge >= 0.3 is 0 Å². The molecule has 0 fully saturated rings. The molecule has 3 heteroatoms. The first-order chi connectivity index (χ1) is 9.65. The number of rotatable bonds is 5. The van der Waals surface area contributed by atoms with E-state index in [1.807, 2.05) is 43.3 Å². The van der Waals surface area contributed by atoms with Crippen molar-refractivity contribution in [2.75, 3.05) is 13.7 Å². The van der Waals surface area contributed by atoms with Gasteiger partial charge in [0.15, 0.2) is 5.78 Å². The van der Waals surface area contributed by atoms with E-state index in [1.54, 1.807) is 20.1 Å². The molecule has 0 aromatic heterocycles. The smallest absolute Gasteiger partial charge is 0.159 e. The van der Waals surface area contributed by atoms with Crippen LogP contribution in [0, 0.1) is 0 Å². The number of benzene rings is 2. The average Bonchev–Trinajstić information content (AvgIpc) is 2.47. The van der Waals surface area contributed by atoms with Crippen LogP contribution in [0.1, 0.15) is 24.2 Å². The molecule has 0 saturated heterocycles. The number of hydrogen-bond donors (Lipinski definition) is 0. The fourth-order valence-electron chi connectivity index (χ4n) is 2.05. The minimum Gasteiger partial charge on any atom is -0.496 e. The van der Waals surface area contributed by atoms with Crippen molar-refractivity contribution >= 4 is 5.78 Å². The summed E-state index contributed by atoms with van der Waals surface area (Å²) in [6.45, 7) is 4.15. The molecule has 104 valence electrons. The average molecular weight is 270 g/mol. The van der Waals surface area contributed by atoms with Crippen LogP contribution in [0.5, 0.6) is 11.5 Å². The highest BCUT2D eigenvalue weighted by Crippen LogP contribution is 2.32. The van der Waals surface area contributed by atoms with E-state index in [4.69, 9.17) is 9.47 Å². The Morgan fingerprint density at radius 3 is 2.35 bits per heavy atom. The Kier molecular flexibility index (Phi) is 4.41. The molecule has 0 heterocycles. The molecular formula is C17H18O3. The highest BCUT2D eigenvalue weighted by atomic mass is 16.5. The minimum atomic E-state index is 0.0292. The minimum absolute atomic E-state index is 0.0292. The second-order valence-corrected chi connectivity index (χ2v) is 4.43. The Balaban J connectivity index is 2.38. The van der Waals surface area contributed by atoms with Gasteiger partial charge in [0.1, 0.15) is 11.5 Å². The van der Waals surface area contributed by atoms with E-state index in [9.17, 15) is 4.79 Å².